The van der Waals surface area contributed by atoms with Gasteiger partial charge >= 0.3 is 12.1 Å². The lowest BCUT2D eigenvalue weighted by atomic mass is 10.1. The van der Waals surface area contributed by atoms with Crippen molar-refractivity contribution in [1.82, 2.24) is 4.90 Å². The largest absolute Gasteiger partial charge is 0.496 e. The SMILES string of the molecule is COc1cc(OC2CCN(C(=O)OC(C)(C)C)CC2)c(F)cc1C(=O)O. The van der Waals surface area contributed by atoms with Crippen LogP contribution in [0, 0.1) is 5.82 Å². The summed E-state index contributed by atoms with van der Waals surface area (Å²) in [5, 5.41) is 9.06. The first-order valence-corrected chi connectivity index (χ1v) is 8.36. The molecular weight excluding hydrogens is 345 g/mol. The van der Waals surface area contributed by atoms with Crippen molar-refractivity contribution in [3.8, 4) is 11.5 Å². The van der Waals surface area contributed by atoms with Crippen molar-refractivity contribution in [1.29, 1.82) is 0 Å². The minimum atomic E-state index is -1.28. The topological polar surface area (TPSA) is 85.3 Å². The number of rotatable bonds is 4. The standard InChI is InChI=1S/C18H24FNO6/c1-18(2,3)26-17(23)20-7-5-11(6-8-20)25-15-10-14(24-4)12(16(21)22)9-13(15)19/h9-11H,5-8H2,1-4H3,(H,21,22). The van der Waals surface area contributed by atoms with Gasteiger partial charge in [-0.15, -0.1) is 0 Å². The molecule has 1 amide bonds. The molecule has 0 aromatic heterocycles. The van der Waals surface area contributed by atoms with Crippen molar-refractivity contribution >= 4 is 12.1 Å². The quantitative estimate of drug-likeness (QED) is 0.876. The van der Waals surface area contributed by atoms with E-state index < -0.39 is 17.4 Å². The Hall–Kier alpha value is -2.51. The van der Waals surface area contributed by atoms with Crippen molar-refractivity contribution < 1.29 is 33.3 Å². The lowest BCUT2D eigenvalue weighted by Crippen LogP contribution is -2.44. The number of carboxylic acid groups (broad SMARTS) is 1. The zero-order valence-electron chi connectivity index (χ0n) is 15.4. The molecule has 0 unspecified atom stereocenters. The minimum absolute atomic E-state index is 0.0279. The van der Waals surface area contributed by atoms with E-state index >= 15 is 0 Å². The predicted molar refractivity (Wildman–Crippen MR) is 91.4 cm³/mol. The third-order valence-electron chi connectivity index (χ3n) is 3.87. The molecule has 1 aromatic carbocycles. The van der Waals surface area contributed by atoms with Crippen LogP contribution in [-0.2, 0) is 4.74 Å². The molecule has 1 aromatic rings. The van der Waals surface area contributed by atoms with Crippen LogP contribution in [0.15, 0.2) is 12.1 Å². The fraction of sp³-hybridized carbons (Fsp3) is 0.556. The summed E-state index contributed by atoms with van der Waals surface area (Å²) < 4.78 is 30.1. The second-order valence-corrected chi connectivity index (χ2v) is 7.07. The summed E-state index contributed by atoms with van der Waals surface area (Å²) in [5.74, 6) is -2.08. The zero-order valence-corrected chi connectivity index (χ0v) is 15.4. The second-order valence-electron chi connectivity index (χ2n) is 7.07. The van der Waals surface area contributed by atoms with Gasteiger partial charge in [-0.2, -0.15) is 0 Å². The van der Waals surface area contributed by atoms with E-state index in [0.717, 1.165) is 6.07 Å². The molecule has 0 spiro atoms. The Bertz CT molecular complexity index is 677. The van der Waals surface area contributed by atoms with Gasteiger partial charge in [-0.05, 0) is 26.8 Å². The first-order chi connectivity index (χ1) is 12.1. The fourth-order valence-electron chi connectivity index (χ4n) is 2.62. The number of carbonyl (C=O) groups is 2. The van der Waals surface area contributed by atoms with E-state index in [1.165, 1.54) is 13.2 Å². The molecule has 0 bridgehead atoms. The predicted octanol–water partition coefficient (Wildman–Crippen LogP) is 3.31. The maximum Gasteiger partial charge on any atom is 0.410 e. The maximum atomic E-state index is 14.1. The summed E-state index contributed by atoms with van der Waals surface area (Å²) in [4.78, 5) is 24.7. The monoisotopic (exact) mass is 369 g/mol. The maximum absolute atomic E-state index is 14.1. The summed E-state index contributed by atoms with van der Waals surface area (Å²) in [7, 11) is 1.31. The van der Waals surface area contributed by atoms with E-state index in [1.54, 1.807) is 25.7 Å². The average molecular weight is 369 g/mol. The van der Waals surface area contributed by atoms with Crippen LogP contribution < -0.4 is 9.47 Å². The molecule has 0 atom stereocenters. The lowest BCUT2D eigenvalue weighted by Gasteiger charge is -2.33. The molecule has 26 heavy (non-hydrogen) atoms. The zero-order chi connectivity index (χ0) is 19.5. The molecule has 8 heteroatoms. The third-order valence-corrected chi connectivity index (χ3v) is 3.87. The lowest BCUT2D eigenvalue weighted by molar-refractivity contribution is 0.0123. The highest BCUT2D eigenvalue weighted by Crippen LogP contribution is 2.30. The Morgan fingerprint density at radius 3 is 2.31 bits per heavy atom. The van der Waals surface area contributed by atoms with E-state index in [9.17, 15) is 14.0 Å². The molecule has 1 heterocycles. The number of carbonyl (C=O) groups excluding carboxylic acids is 1. The third kappa shape index (κ3) is 5.00. The van der Waals surface area contributed by atoms with Gasteiger partial charge in [0.1, 0.15) is 23.0 Å². The number of halogens is 1. The Morgan fingerprint density at radius 2 is 1.81 bits per heavy atom. The number of ether oxygens (including phenoxy) is 3. The molecule has 0 radical (unpaired) electrons. The highest BCUT2D eigenvalue weighted by atomic mass is 19.1. The molecule has 1 saturated heterocycles. The van der Waals surface area contributed by atoms with Gasteiger partial charge < -0.3 is 24.2 Å². The highest BCUT2D eigenvalue weighted by Gasteiger charge is 2.28. The summed E-state index contributed by atoms with van der Waals surface area (Å²) >= 11 is 0. The smallest absolute Gasteiger partial charge is 0.410 e. The number of hydrogen-bond donors (Lipinski definition) is 1. The van der Waals surface area contributed by atoms with Crippen LogP contribution in [0.3, 0.4) is 0 Å². The molecule has 0 saturated carbocycles. The minimum Gasteiger partial charge on any atom is -0.496 e. The van der Waals surface area contributed by atoms with Crippen LogP contribution in [-0.4, -0.2) is 54.0 Å². The van der Waals surface area contributed by atoms with E-state index in [1.807, 2.05) is 0 Å². The van der Waals surface area contributed by atoms with Crippen LogP contribution in [0.1, 0.15) is 44.0 Å². The van der Waals surface area contributed by atoms with Gasteiger partial charge in [0.25, 0.3) is 0 Å². The van der Waals surface area contributed by atoms with Crippen LogP contribution in [0.5, 0.6) is 11.5 Å². The van der Waals surface area contributed by atoms with Crippen LogP contribution in [0.2, 0.25) is 0 Å². The number of methoxy groups -OCH3 is 1. The molecule has 0 aliphatic carbocycles. The van der Waals surface area contributed by atoms with E-state index in [2.05, 4.69) is 0 Å². The summed E-state index contributed by atoms with van der Waals surface area (Å²) in [5.41, 5.74) is -0.826. The summed E-state index contributed by atoms with van der Waals surface area (Å²) in [6, 6.07) is 2.12. The molecule has 144 valence electrons. The van der Waals surface area contributed by atoms with Crippen molar-refractivity contribution in [3.63, 3.8) is 0 Å². The van der Waals surface area contributed by atoms with Gasteiger partial charge in [-0.3, -0.25) is 0 Å². The van der Waals surface area contributed by atoms with Crippen LogP contribution in [0.25, 0.3) is 0 Å². The Kier molecular flexibility index (Phi) is 5.94. The highest BCUT2D eigenvalue weighted by molar-refractivity contribution is 5.91. The van der Waals surface area contributed by atoms with Gasteiger partial charge in [0.2, 0.25) is 0 Å². The van der Waals surface area contributed by atoms with Crippen LogP contribution in [0.4, 0.5) is 9.18 Å². The molecule has 7 nitrogen and oxygen atoms in total. The number of likely N-dealkylation sites (tertiary alicyclic amines) is 1. The van der Waals surface area contributed by atoms with E-state index in [0.29, 0.717) is 25.9 Å². The molecule has 1 aliphatic heterocycles. The average Bonchev–Trinajstić information content (AvgIpc) is 2.55. The van der Waals surface area contributed by atoms with Gasteiger partial charge in [-0.1, -0.05) is 0 Å². The van der Waals surface area contributed by atoms with E-state index in [-0.39, 0.29) is 29.3 Å². The number of hydrogen-bond acceptors (Lipinski definition) is 5. The first-order valence-electron chi connectivity index (χ1n) is 8.36. The number of amides is 1. The molecule has 1 fully saturated rings. The van der Waals surface area contributed by atoms with Crippen molar-refractivity contribution in [2.75, 3.05) is 20.2 Å². The van der Waals surface area contributed by atoms with Gasteiger partial charge in [0, 0.05) is 32.0 Å². The number of aromatic carboxylic acids is 1. The normalized spacial score (nSPS) is 15.5. The van der Waals surface area contributed by atoms with Crippen molar-refractivity contribution in [2.24, 2.45) is 0 Å². The number of nitrogens with zero attached hydrogens (tertiary/aromatic N) is 1. The Balaban J connectivity index is 1.99. The molecular formula is C18H24FNO6. The van der Waals surface area contributed by atoms with Gasteiger partial charge in [0.15, 0.2) is 11.6 Å². The molecule has 1 aliphatic rings. The Labute approximate surface area is 151 Å². The molecule has 2 rings (SSSR count). The Morgan fingerprint density at radius 1 is 1.19 bits per heavy atom. The van der Waals surface area contributed by atoms with Crippen LogP contribution >= 0.6 is 0 Å². The second kappa shape index (κ2) is 7.80. The summed E-state index contributed by atoms with van der Waals surface area (Å²) in [6.07, 6.45) is 0.363. The van der Waals surface area contributed by atoms with Gasteiger partial charge in [0.05, 0.1) is 7.11 Å². The summed E-state index contributed by atoms with van der Waals surface area (Å²) in [6.45, 7) is 6.28. The first kappa shape index (κ1) is 19.8. The van der Waals surface area contributed by atoms with Gasteiger partial charge in [-0.25, -0.2) is 14.0 Å². The fourth-order valence-corrected chi connectivity index (χ4v) is 2.62. The van der Waals surface area contributed by atoms with Crippen molar-refractivity contribution in [3.05, 3.63) is 23.5 Å². The number of benzene rings is 1. The van der Waals surface area contributed by atoms with E-state index in [4.69, 9.17) is 19.3 Å². The van der Waals surface area contributed by atoms with Crippen molar-refractivity contribution in [2.45, 2.75) is 45.3 Å². The number of carboxylic acids is 1. The molecule has 1 N–H and O–H groups in total. The number of piperidine rings is 1.